The van der Waals surface area contributed by atoms with Crippen molar-refractivity contribution in [2.24, 2.45) is 0 Å². The van der Waals surface area contributed by atoms with Crippen molar-refractivity contribution >= 4 is 0 Å². The summed E-state index contributed by atoms with van der Waals surface area (Å²) in [4.78, 5) is 0. The maximum atomic E-state index is 10.3. The zero-order valence-electron chi connectivity index (χ0n) is 10.9. The number of nitrogens with one attached hydrogen (secondary N) is 1. The van der Waals surface area contributed by atoms with Gasteiger partial charge in [0.2, 0.25) is 0 Å². The standard InChI is InChI=1S/C15H23NO/c1-12-6-5-7-14(10-12)13(2)16-11-15(17)8-3-4-9-15/h5-7,10,13,16-17H,3-4,8-9,11H2,1-2H3/t13-/m0/s1. The number of hydrogen-bond acceptors (Lipinski definition) is 2. The van der Waals surface area contributed by atoms with Gasteiger partial charge in [0, 0.05) is 12.6 Å². The SMILES string of the molecule is Cc1cccc([C@H](C)NCC2(O)CCCC2)c1. The van der Waals surface area contributed by atoms with Crippen LogP contribution in [0.1, 0.15) is 49.8 Å². The van der Waals surface area contributed by atoms with E-state index >= 15 is 0 Å². The van der Waals surface area contributed by atoms with Crippen LogP contribution in [0.4, 0.5) is 0 Å². The second-order valence-corrected chi connectivity index (χ2v) is 5.45. The molecule has 1 aliphatic carbocycles. The number of aryl methyl sites for hydroxylation is 1. The molecule has 1 aliphatic rings. The third-order valence-electron chi connectivity index (χ3n) is 3.81. The summed E-state index contributed by atoms with van der Waals surface area (Å²) in [6.07, 6.45) is 4.22. The number of benzene rings is 1. The third-order valence-corrected chi connectivity index (χ3v) is 3.81. The molecule has 1 atom stereocenters. The van der Waals surface area contributed by atoms with E-state index in [0.29, 0.717) is 12.6 Å². The highest BCUT2D eigenvalue weighted by Crippen LogP contribution is 2.29. The van der Waals surface area contributed by atoms with Crippen molar-refractivity contribution in [2.75, 3.05) is 6.54 Å². The normalized spacial score (nSPS) is 20.4. The fraction of sp³-hybridized carbons (Fsp3) is 0.600. The molecule has 0 radical (unpaired) electrons. The maximum absolute atomic E-state index is 10.3. The Morgan fingerprint density at radius 1 is 1.35 bits per heavy atom. The highest BCUT2D eigenvalue weighted by molar-refractivity contribution is 5.24. The molecule has 0 saturated heterocycles. The molecular weight excluding hydrogens is 210 g/mol. The van der Waals surface area contributed by atoms with E-state index in [2.05, 4.69) is 43.4 Å². The molecule has 2 N–H and O–H groups in total. The van der Waals surface area contributed by atoms with Gasteiger partial charge in [-0.2, -0.15) is 0 Å². The first kappa shape index (κ1) is 12.6. The minimum absolute atomic E-state index is 0.305. The predicted octanol–water partition coefficient (Wildman–Crippen LogP) is 2.95. The Balaban J connectivity index is 1.91. The molecule has 0 amide bonds. The van der Waals surface area contributed by atoms with Gasteiger partial charge >= 0.3 is 0 Å². The third kappa shape index (κ3) is 3.30. The van der Waals surface area contributed by atoms with Crippen molar-refractivity contribution in [3.05, 3.63) is 35.4 Å². The van der Waals surface area contributed by atoms with E-state index in [1.807, 2.05) is 0 Å². The molecule has 0 aliphatic heterocycles. The first-order valence-corrected chi connectivity index (χ1v) is 6.61. The lowest BCUT2D eigenvalue weighted by Gasteiger charge is -2.25. The fourth-order valence-electron chi connectivity index (χ4n) is 2.61. The molecule has 2 heteroatoms. The molecule has 2 rings (SSSR count). The van der Waals surface area contributed by atoms with Crippen LogP contribution in [0.3, 0.4) is 0 Å². The Morgan fingerprint density at radius 2 is 2.06 bits per heavy atom. The number of hydrogen-bond donors (Lipinski definition) is 2. The van der Waals surface area contributed by atoms with Crippen molar-refractivity contribution < 1.29 is 5.11 Å². The lowest BCUT2D eigenvalue weighted by molar-refractivity contribution is 0.0453. The zero-order valence-corrected chi connectivity index (χ0v) is 10.9. The van der Waals surface area contributed by atoms with Gasteiger partial charge in [0.15, 0.2) is 0 Å². The molecule has 0 spiro atoms. The Morgan fingerprint density at radius 3 is 2.71 bits per heavy atom. The Kier molecular flexibility index (Phi) is 3.85. The minimum Gasteiger partial charge on any atom is -0.389 e. The summed E-state index contributed by atoms with van der Waals surface area (Å²) >= 11 is 0. The average molecular weight is 233 g/mol. The van der Waals surface area contributed by atoms with E-state index in [9.17, 15) is 5.11 Å². The molecule has 1 aromatic carbocycles. The first-order valence-electron chi connectivity index (χ1n) is 6.61. The van der Waals surface area contributed by atoms with Crippen LogP contribution >= 0.6 is 0 Å². The molecule has 1 fully saturated rings. The summed E-state index contributed by atoms with van der Waals surface area (Å²) in [6.45, 7) is 4.98. The topological polar surface area (TPSA) is 32.3 Å². The van der Waals surface area contributed by atoms with Gasteiger partial charge in [-0.05, 0) is 32.3 Å². The van der Waals surface area contributed by atoms with Gasteiger partial charge in [-0.25, -0.2) is 0 Å². The van der Waals surface area contributed by atoms with Crippen LogP contribution in [0.5, 0.6) is 0 Å². The van der Waals surface area contributed by atoms with Gasteiger partial charge in [0.25, 0.3) is 0 Å². The lowest BCUT2D eigenvalue weighted by Crippen LogP contribution is -2.39. The Labute approximate surface area is 104 Å². The van der Waals surface area contributed by atoms with Gasteiger partial charge in [0.1, 0.15) is 0 Å². The molecule has 0 unspecified atom stereocenters. The summed E-state index contributed by atoms with van der Waals surface area (Å²) in [7, 11) is 0. The van der Waals surface area contributed by atoms with Crippen LogP contribution in [-0.2, 0) is 0 Å². The zero-order chi connectivity index (χ0) is 12.3. The van der Waals surface area contributed by atoms with Crippen LogP contribution in [0.15, 0.2) is 24.3 Å². The second-order valence-electron chi connectivity index (χ2n) is 5.45. The lowest BCUT2D eigenvalue weighted by atomic mass is 10.0. The maximum Gasteiger partial charge on any atom is 0.0771 e. The van der Waals surface area contributed by atoms with E-state index in [1.165, 1.54) is 11.1 Å². The summed E-state index contributed by atoms with van der Waals surface area (Å²) in [5.41, 5.74) is 2.13. The quantitative estimate of drug-likeness (QED) is 0.838. The van der Waals surface area contributed by atoms with Crippen LogP contribution in [0.2, 0.25) is 0 Å². The molecule has 94 valence electrons. The molecule has 0 bridgehead atoms. The highest BCUT2D eigenvalue weighted by atomic mass is 16.3. The second kappa shape index (κ2) is 5.19. The van der Waals surface area contributed by atoms with Gasteiger partial charge in [-0.15, -0.1) is 0 Å². The van der Waals surface area contributed by atoms with Crippen LogP contribution in [0.25, 0.3) is 0 Å². The van der Waals surface area contributed by atoms with E-state index in [0.717, 1.165) is 25.7 Å². The molecule has 17 heavy (non-hydrogen) atoms. The molecule has 1 aromatic rings. The summed E-state index contributed by atoms with van der Waals surface area (Å²) in [5, 5.41) is 13.7. The van der Waals surface area contributed by atoms with Gasteiger partial charge in [-0.3, -0.25) is 0 Å². The van der Waals surface area contributed by atoms with Crippen molar-refractivity contribution in [1.29, 1.82) is 0 Å². The van der Waals surface area contributed by atoms with E-state index < -0.39 is 5.60 Å². The molecular formula is C15H23NO. The van der Waals surface area contributed by atoms with Crippen LogP contribution in [0, 0.1) is 6.92 Å². The van der Waals surface area contributed by atoms with Gasteiger partial charge < -0.3 is 10.4 Å². The van der Waals surface area contributed by atoms with E-state index in [4.69, 9.17) is 0 Å². The molecule has 1 saturated carbocycles. The van der Waals surface area contributed by atoms with Crippen molar-refractivity contribution in [3.63, 3.8) is 0 Å². The largest absolute Gasteiger partial charge is 0.389 e. The van der Waals surface area contributed by atoms with Crippen LogP contribution in [-0.4, -0.2) is 17.3 Å². The first-order chi connectivity index (χ1) is 8.09. The Hall–Kier alpha value is -0.860. The predicted molar refractivity (Wildman–Crippen MR) is 71.0 cm³/mol. The smallest absolute Gasteiger partial charge is 0.0771 e. The van der Waals surface area contributed by atoms with Crippen molar-refractivity contribution in [2.45, 2.75) is 51.2 Å². The van der Waals surface area contributed by atoms with E-state index in [1.54, 1.807) is 0 Å². The van der Waals surface area contributed by atoms with Crippen molar-refractivity contribution in [1.82, 2.24) is 5.32 Å². The van der Waals surface area contributed by atoms with Crippen molar-refractivity contribution in [3.8, 4) is 0 Å². The summed E-state index contributed by atoms with van der Waals surface area (Å²) in [6, 6.07) is 8.85. The molecule has 0 heterocycles. The number of rotatable bonds is 4. The molecule has 0 aromatic heterocycles. The Bertz CT molecular complexity index is 369. The summed E-state index contributed by atoms with van der Waals surface area (Å²) in [5.74, 6) is 0. The summed E-state index contributed by atoms with van der Waals surface area (Å²) < 4.78 is 0. The van der Waals surface area contributed by atoms with Gasteiger partial charge in [-0.1, -0.05) is 42.7 Å². The number of aliphatic hydroxyl groups is 1. The molecule has 2 nitrogen and oxygen atoms in total. The van der Waals surface area contributed by atoms with E-state index in [-0.39, 0.29) is 0 Å². The highest BCUT2D eigenvalue weighted by Gasteiger charge is 2.30. The minimum atomic E-state index is -0.460. The monoisotopic (exact) mass is 233 g/mol. The van der Waals surface area contributed by atoms with Crippen LogP contribution < -0.4 is 5.32 Å². The average Bonchev–Trinajstić information content (AvgIpc) is 2.74. The fourth-order valence-corrected chi connectivity index (χ4v) is 2.61. The van der Waals surface area contributed by atoms with Gasteiger partial charge in [0.05, 0.1) is 5.60 Å².